The third-order valence-electron chi connectivity index (χ3n) is 3.82. The summed E-state index contributed by atoms with van der Waals surface area (Å²) in [4.78, 5) is 4.13. The van der Waals surface area contributed by atoms with Crippen LogP contribution in [0.5, 0.6) is 0 Å². The lowest BCUT2D eigenvalue weighted by atomic mass is 10.1. The summed E-state index contributed by atoms with van der Waals surface area (Å²) in [5.74, 6) is -0.929. The first-order valence-corrected chi connectivity index (χ1v) is 7.14. The molecule has 2 rings (SSSR count). The van der Waals surface area contributed by atoms with Crippen LogP contribution in [0.25, 0.3) is 0 Å². The van der Waals surface area contributed by atoms with Gasteiger partial charge in [-0.15, -0.1) is 0 Å². The highest BCUT2D eigenvalue weighted by molar-refractivity contribution is 5.51. The lowest BCUT2D eigenvalue weighted by Crippen LogP contribution is -2.49. The van der Waals surface area contributed by atoms with Crippen LogP contribution in [-0.4, -0.2) is 44.2 Å². The van der Waals surface area contributed by atoms with E-state index in [2.05, 4.69) is 24.1 Å². The van der Waals surface area contributed by atoms with Crippen molar-refractivity contribution in [2.45, 2.75) is 26.4 Å². The number of nitrogens with zero attached hydrogens (tertiary/aromatic N) is 2. The number of rotatable bonds is 4. The van der Waals surface area contributed by atoms with E-state index in [-0.39, 0.29) is 5.69 Å². The summed E-state index contributed by atoms with van der Waals surface area (Å²) < 4.78 is 28.3. The van der Waals surface area contributed by atoms with E-state index in [9.17, 15) is 8.78 Å². The lowest BCUT2D eigenvalue weighted by molar-refractivity contribution is 0.208. The van der Waals surface area contributed by atoms with Gasteiger partial charge >= 0.3 is 0 Å². The van der Waals surface area contributed by atoms with Crippen molar-refractivity contribution in [1.82, 2.24) is 10.2 Å². The molecule has 5 heteroatoms. The largest absolute Gasteiger partial charge is 0.364 e. The first-order chi connectivity index (χ1) is 9.52. The lowest BCUT2D eigenvalue weighted by Gasteiger charge is -2.38. The summed E-state index contributed by atoms with van der Waals surface area (Å²) in [7, 11) is 1.76. The van der Waals surface area contributed by atoms with Crippen molar-refractivity contribution in [1.29, 1.82) is 0 Å². The van der Waals surface area contributed by atoms with Crippen LogP contribution in [0.1, 0.15) is 19.4 Å². The maximum absolute atomic E-state index is 14.2. The van der Waals surface area contributed by atoms with Gasteiger partial charge in [0.1, 0.15) is 17.3 Å². The van der Waals surface area contributed by atoms with E-state index in [0.29, 0.717) is 31.2 Å². The molecule has 0 radical (unpaired) electrons. The van der Waals surface area contributed by atoms with Gasteiger partial charge in [0.15, 0.2) is 0 Å². The van der Waals surface area contributed by atoms with Crippen LogP contribution in [-0.2, 0) is 6.54 Å². The van der Waals surface area contributed by atoms with Crippen molar-refractivity contribution in [2.75, 3.05) is 38.1 Å². The van der Waals surface area contributed by atoms with E-state index in [1.807, 2.05) is 4.90 Å². The van der Waals surface area contributed by atoms with Crippen molar-refractivity contribution in [2.24, 2.45) is 0 Å². The predicted octanol–water partition coefficient (Wildman–Crippen LogP) is 2.21. The number of hydrogen-bond donors (Lipinski definition) is 1. The average molecular weight is 283 g/mol. The Hall–Kier alpha value is -1.20. The fraction of sp³-hybridized carbons (Fsp3) is 0.600. The van der Waals surface area contributed by atoms with E-state index in [1.165, 1.54) is 12.1 Å². The van der Waals surface area contributed by atoms with E-state index in [4.69, 9.17) is 0 Å². The molecule has 0 amide bonds. The summed E-state index contributed by atoms with van der Waals surface area (Å²) >= 11 is 0. The molecule has 1 saturated heterocycles. The minimum absolute atomic E-state index is 0.119. The molecule has 0 saturated carbocycles. The predicted molar refractivity (Wildman–Crippen MR) is 78.0 cm³/mol. The Morgan fingerprint density at radius 1 is 1.10 bits per heavy atom. The third kappa shape index (κ3) is 3.27. The van der Waals surface area contributed by atoms with Crippen LogP contribution in [0.2, 0.25) is 0 Å². The Labute approximate surface area is 119 Å². The maximum atomic E-state index is 14.2. The summed E-state index contributed by atoms with van der Waals surface area (Å²) in [5.41, 5.74) is 0.750. The molecule has 0 atom stereocenters. The fourth-order valence-corrected chi connectivity index (χ4v) is 2.69. The van der Waals surface area contributed by atoms with Gasteiger partial charge in [0.05, 0.1) is 0 Å². The Bertz CT molecular complexity index is 431. The molecule has 1 N–H and O–H groups in total. The van der Waals surface area contributed by atoms with Crippen LogP contribution in [0.4, 0.5) is 14.5 Å². The summed E-state index contributed by atoms with van der Waals surface area (Å²) in [5, 5.41) is 2.90. The fourth-order valence-electron chi connectivity index (χ4n) is 2.69. The Morgan fingerprint density at radius 3 is 2.10 bits per heavy atom. The van der Waals surface area contributed by atoms with Crippen molar-refractivity contribution < 1.29 is 8.78 Å². The summed E-state index contributed by atoms with van der Waals surface area (Å²) in [6, 6.07) is 3.32. The molecule has 0 bridgehead atoms. The van der Waals surface area contributed by atoms with Gasteiger partial charge in [-0.25, -0.2) is 8.78 Å². The van der Waals surface area contributed by atoms with Gasteiger partial charge in [0, 0.05) is 38.8 Å². The van der Waals surface area contributed by atoms with E-state index < -0.39 is 11.6 Å². The molecule has 0 aromatic heterocycles. The van der Waals surface area contributed by atoms with E-state index in [1.54, 1.807) is 7.05 Å². The number of nitrogens with one attached hydrogen (secondary N) is 1. The van der Waals surface area contributed by atoms with E-state index >= 15 is 0 Å². The molecule has 0 aliphatic carbocycles. The van der Waals surface area contributed by atoms with Gasteiger partial charge < -0.3 is 10.2 Å². The molecule has 1 aliphatic heterocycles. The van der Waals surface area contributed by atoms with Crippen LogP contribution < -0.4 is 10.2 Å². The molecule has 20 heavy (non-hydrogen) atoms. The Balaban J connectivity index is 2.14. The molecule has 1 fully saturated rings. The second-order valence-electron chi connectivity index (χ2n) is 5.56. The molecular weight excluding hydrogens is 260 g/mol. The monoisotopic (exact) mass is 283 g/mol. The van der Waals surface area contributed by atoms with Gasteiger partial charge in [-0.05, 0) is 38.6 Å². The summed E-state index contributed by atoms with van der Waals surface area (Å²) in [6.07, 6.45) is 0. The van der Waals surface area contributed by atoms with Crippen molar-refractivity contribution in [3.8, 4) is 0 Å². The van der Waals surface area contributed by atoms with Gasteiger partial charge in [-0.3, -0.25) is 4.90 Å². The van der Waals surface area contributed by atoms with Crippen LogP contribution >= 0.6 is 0 Å². The van der Waals surface area contributed by atoms with Crippen LogP contribution in [0.3, 0.4) is 0 Å². The normalized spacial score (nSPS) is 17.0. The minimum Gasteiger partial charge on any atom is -0.364 e. The molecule has 112 valence electrons. The van der Waals surface area contributed by atoms with Crippen LogP contribution in [0, 0.1) is 11.6 Å². The van der Waals surface area contributed by atoms with Gasteiger partial charge in [0.2, 0.25) is 0 Å². The second-order valence-corrected chi connectivity index (χ2v) is 5.56. The SMILES string of the molecule is CNCc1cc(F)c(N2CCN(C(C)C)CC2)c(F)c1. The molecule has 0 unspecified atom stereocenters. The highest BCUT2D eigenvalue weighted by Crippen LogP contribution is 2.26. The zero-order chi connectivity index (χ0) is 14.7. The molecular formula is C15H23F2N3. The molecule has 3 nitrogen and oxygen atoms in total. The van der Waals surface area contributed by atoms with Gasteiger partial charge in [-0.2, -0.15) is 0 Å². The number of anilines is 1. The van der Waals surface area contributed by atoms with Crippen LogP contribution in [0.15, 0.2) is 12.1 Å². The number of halogens is 2. The highest BCUT2D eigenvalue weighted by Gasteiger charge is 2.23. The first kappa shape index (κ1) is 15.2. The Morgan fingerprint density at radius 2 is 1.65 bits per heavy atom. The molecule has 1 aromatic carbocycles. The number of benzene rings is 1. The smallest absolute Gasteiger partial charge is 0.149 e. The molecule has 0 spiro atoms. The highest BCUT2D eigenvalue weighted by atomic mass is 19.1. The van der Waals surface area contributed by atoms with Gasteiger partial charge in [-0.1, -0.05) is 0 Å². The summed E-state index contributed by atoms with van der Waals surface area (Å²) in [6.45, 7) is 7.76. The Kier molecular flexibility index (Phi) is 4.94. The number of piperazine rings is 1. The third-order valence-corrected chi connectivity index (χ3v) is 3.82. The average Bonchev–Trinajstić information content (AvgIpc) is 2.39. The second kappa shape index (κ2) is 6.50. The van der Waals surface area contributed by atoms with Crippen molar-refractivity contribution in [3.63, 3.8) is 0 Å². The minimum atomic E-state index is -0.465. The van der Waals surface area contributed by atoms with Crippen molar-refractivity contribution in [3.05, 3.63) is 29.3 Å². The zero-order valence-electron chi connectivity index (χ0n) is 12.4. The number of hydrogen-bond acceptors (Lipinski definition) is 3. The topological polar surface area (TPSA) is 18.5 Å². The van der Waals surface area contributed by atoms with Crippen molar-refractivity contribution >= 4 is 5.69 Å². The molecule has 1 heterocycles. The zero-order valence-corrected chi connectivity index (χ0v) is 12.4. The molecule has 1 aliphatic rings. The van der Waals surface area contributed by atoms with Gasteiger partial charge in [0.25, 0.3) is 0 Å². The standard InChI is InChI=1S/C15H23F2N3/c1-11(2)19-4-6-20(7-5-19)15-13(16)8-12(10-18-3)9-14(15)17/h8-9,11,18H,4-7,10H2,1-3H3. The first-order valence-electron chi connectivity index (χ1n) is 7.14. The quantitative estimate of drug-likeness (QED) is 0.914. The van der Waals surface area contributed by atoms with E-state index in [0.717, 1.165) is 13.1 Å². The maximum Gasteiger partial charge on any atom is 0.149 e. The molecule has 1 aromatic rings.